The molecule has 32 heavy (non-hydrogen) atoms. The molecule has 9 nitrogen and oxygen atoms in total. The lowest BCUT2D eigenvalue weighted by atomic mass is 10.0. The fraction of sp³-hybridized carbons (Fsp3) is 0.0435. The van der Waals surface area contributed by atoms with E-state index < -0.39 is 23.4 Å². The molecule has 3 N–H and O–H groups in total. The highest BCUT2D eigenvalue weighted by Crippen LogP contribution is 2.20. The van der Waals surface area contributed by atoms with Crippen LogP contribution in [0.25, 0.3) is 10.8 Å². The predicted molar refractivity (Wildman–Crippen MR) is 119 cm³/mol. The number of nitrogens with one attached hydrogen (secondary N) is 3. The highest BCUT2D eigenvalue weighted by atomic mass is 16.2. The highest BCUT2D eigenvalue weighted by molar-refractivity contribution is 5.99. The number of aromatic nitrogens is 3. The van der Waals surface area contributed by atoms with Crippen LogP contribution in [0.2, 0.25) is 0 Å². The minimum absolute atomic E-state index is 0.193. The first-order chi connectivity index (χ1) is 15.6. The number of aromatic amines is 1. The van der Waals surface area contributed by atoms with Crippen LogP contribution >= 0.6 is 0 Å². The number of rotatable bonds is 6. The van der Waals surface area contributed by atoms with E-state index in [2.05, 4.69) is 31.0 Å². The van der Waals surface area contributed by atoms with Crippen LogP contribution in [0.5, 0.6) is 0 Å². The summed E-state index contributed by atoms with van der Waals surface area (Å²) in [6, 6.07) is 17.5. The Bertz CT molecular complexity index is 1340. The quantitative estimate of drug-likeness (QED) is 0.321. The number of fused-ring (bicyclic) bond motifs is 1. The molecule has 4 rings (SSSR count). The van der Waals surface area contributed by atoms with Gasteiger partial charge in [-0.2, -0.15) is 10.2 Å². The van der Waals surface area contributed by atoms with Crippen molar-refractivity contribution in [3.63, 3.8) is 0 Å². The molecule has 158 valence electrons. The number of benzene rings is 2. The minimum atomic E-state index is -1.21. The summed E-state index contributed by atoms with van der Waals surface area (Å²) in [5, 5.41) is 13.9. The number of nitrogens with zero attached hydrogens (tertiary/aromatic N) is 3. The first-order valence-corrected chi connectivity index (χ1v) is 9.69. The maximum Gasteiger partial charge on any atom is 0.272 e. The zero-order chi connectivity index (χ0) is 22.3. The van der Waals surface area contributed by atoms with Crippen LogP contribution in [0.1, 0.15) is 27.7 Å². The van der Waals surface area contributed by atoms with Gasteiger partial charge < -0.3 is 5.32 Å². The predicted octanol–water partition coefficient (Wildman–Crippen LogP) is 1.94. The number of pyridine rings is 1. The van der Waals surface area contributed by atoms with Crippen molar-refractivity contribution in [2.45, 2.75) is 6.04 Å². The molecule has 0 radical (unpaired) electrons. The van der Waals surface area contributed by atoms with Gasteiger partial charge in [-0.3, -0.25) is 19.4 Å². The van der Waals surface area contributed by atoms with Crippen LogP contribution in [-0.2, 0) is 4.79 Å². The Morgan fingerprint density at radius 3 is 2.47 bits per heavy atom. The zero-order valence-electron chi connectivity index (χ0n) is 16.7. The van der Waals surface area contributed by atoms with E-state index in [1.54, 1.807) is 79.1 Å². The lowest BCUT2D eigenvalue weighted by molar-refractivity contribution is -0.123. The normalized spacial score (nSPS) is 11.9. The molecule has 0 aliphatic carbocycles. The van der Waals surface area contributed by atoms with Crippen molar-refractivity contribution in [2.75, 3.05) is 0 Å². The summed E-state index contributed by atoms with van der Waals surface area (Å²) in [4.78, 5) is 42.0. The van der Waals surface area contributed by atoms with E-state index in [1.165, 1.54) is 6.21 Å². The fourth-order valence-electron chi connectivity index (χ4n) is 3.11. The van der Waals surface area contributed by atoms with E-state index in [1.807, 2.05) is 0 Å². The molecule has 0 unspecified atom stereocenters. The number of carbonyl (C=O) groups excluding carboxylic acids is 2. The molecule has 0 aliphatic heterocycles. The zero-order valence-corrected chi connectivity index (χ0v) is 16.7. The molecule has 2 amide bonds. The van der Waals surface area contributed by atoms with Gasteiger partial charge in [-0.15, -0.1) is 0 Å². The second-order valence-corrected chi connectivity index (χ2v) is 6.78. The molecule has 0 fully saturated rings. The highest BCUT2D eigenvalue weighted by Gasteiger charge is 2.27. The number of hydrogen-bond donors (Lipinski definition) is 3. The standard InChI is InChI=1S/C23H18N6O3/c30-21(16-8-2-1-3-9-16)26-20(23(32)28-25-14-15-7-6-12-24-13-15)19-17-10-4-5-11-18(17)22(31)29-27-19/h1-14,20H,(H,26,30)(H,28,32)(H,29,31)/b25-14-/t20-/m1/s1. The van der Waals surface area contributed by atoms with Crippen LogP contribution in [0.15, 0.2) is 89.0 Å². The van der Waals surface area contributed by atoms with Crippen LogP contribution in [0.3, 0.4) is 0 Å². The maximum absolute atomic E-state index is 13.0. The number of hydrogen-bond acceptors (Lipinski definition) is 6. The SMILES string of the molecule is O=C(N[C@@H](C(=O)N/N=C\c1cccnc1)c1n[nH]c(=O)c2ccccc12)c1ccccc1. The Labute approximate surface area is 182 Å². The lowest BCUT2D eigenvalue weighted by Gasteiger charge is -2.18. The Hall–Kier alpha value is -4.66. The average molecular weight is 426 g/mol. The second-order valence-electron chi connectivity index (χ2n) is 6.78. The van der Waals surface area contributed by atoms with Gasteiger partial charge in [0.1, 0.15) is 5.69 Å². The molecular formula is C23H18N6O3. The van der Waals surface area contributed by atoms with Crippen molar-refractivity contribution in [1.29, 1.82) is 0 Å². The monoisotopic (exact) mass is 426 g/mol. The molecule has 2 aromatic heterocycles. The van der Waals surface area contributed by atoms with Crippen LogP contribution in [0.4, 0.5) is 0 Å². The third kappa shape index (κ3) is 4.57. The van der Waals surface area contributed by atoms with Gasteiger partial charge in [-0.25, -0.2) is 10.5 Å². The number of carbonyl (C=O) groups is 2. The van der Waals surface area contributed by atoms with E-state index in [9.17, 15) is 14.4 Å². The van der Waals surface area contributed by atoms with E-state index >= 15 is 0 Å². The summed E-state index contributed by atoms with van der Waals surface area (Å²) >= 11 is 0. The van der Waals surface area contributed by atoms with Crippen molar-refractivity contribution in [3.8, 4) is 0 Å². The molecule has 2 heterocycles. The lowest BCUT2D eigenvalue weighted by Crippen LogP contribution is -2.40. The van der Waals surface area contributed by atoms with Crippen molar-refractivity contribution < 1.29 is 9.59 Å². The minimum Gasteiger partial charge on any atom is -0.335 e. The summed E-state index contributed by atoms with van der Waals surface area (Å²) in [5.41, 5.74) is 3.28. The van der Waals surface area contributed by atoms with Gasteiger partial charge >= 0.3 is 0 Å². The third-order valence-corrected chi connectivity index (χ3v) is 4.65. The molecule has 4 aromatic rings. The summed E-state index contributed by atoms with van der Waals surface area (Å²) in [7, 11) is 0. The number of hydrazone groups is 1. The maximum atomic E-state index is 13.0. The van der Waals surface area contributed by atoms with Gasteiger partial charge in [0, 0.05) is 28.9 Å². The van der Waals surface area contributed by atoms with E-state index in [-0.39, 0.29) is 5.69 Å². The van der Waals surface area contributed by atoms with Gasteiger partial charge in [0.25, 0.3) is 17.4 Å². The van der Waals surface area contributed by atoms with Crippen molar-refractivity contribution in [1.82, 2.24) is 25.9 Å². The van der Waals surface area contributed by atoms with Gasteiger partial charge in [-0.05, 0) is 24.3 Å². The first kappa shape index (κ1) is 20.6. The van der Waals surface area contributed by atoms with Gasteiger partial charge in [0.15, 0.2) is 6.04 Å². The van der Waals surface area contributed by atoms with Gasteiger partial charge in [-0.1, -0.05) is 42.5 Å². The molecule has 9 heteroatoms. The van der Waals surface area contributed by atoms with Crippen molar-refractivity contribution >= 4 is 28.8 Å². The molecule has 0 saturated heterocycles. The molecule has 0 bridgehead atoms. The Balaban J connectivity index is 1.68. The van der Waals surface area contributed by atoms with E-state index in [4.69, 9.17) is 0 Å². The molecule has 0 saturated carbocycles. The largest absolute Gasteiger partial charge is 0.335 e. The van der Waals surface area contributed by atoms with Crippen molar-refractivity contribution in [2.24, 2.45) is 5.10 Å². The number of amides is 2. The van der Waals surface area contributed by atoms with E-state index in [0.29, 0.717) is 21.9 Å². The molecule has 2 aromatic carbocycles. The average Bonchev–Trinajstić information content (AvgIpc) is 2.84. The summed E-state index contributed by atoms with van der Waals surface area (Å²) in [5.74, 6) is -1.10. The molecule has 0 spiro atoms. The second kappa shape index (κ2) is 9.43. The summed E-state index contributed by atoms with van der Waals surface area (Å²) in [6.07, 6.45) is 4.64. The third-order valence-electron chi connectivity index (χ3n) is 4.65. The summed E-state index contributed by atoms with van der Waals surface area (Å²) in [6.45, 7) is 0. The smallest absolute Gasteiger partial charge is 0.272 e. The van der Waals surface area contributed by atoms with Gasteiger partial charge in [0.05, 0.1) is 11.6 Å². The molecule has 0 aliphatic rings. The fourth-order valence-corrected chi connectivity index (χ4v) is 3.11. The number of H-pyrrole nitrogens is 1. The Morgan fingerprint density at radius 2 is 1.72 bits per heavy atom. The van der Waals surface area contributed by atoms with Gasteiger partial charge in [0.2, 0.25) is 0 Å². The first-order valence-electron chi connectivity index (χ1n) is 9.69. The Morgan fingerprint density at radius 1 is 0.969 bits per heavy atom. The van der Waals surface area contributed by atoms with Crippen molar-refractivity contribution in [3.05, 3.63) is 106 Å². The Kier molecular flexibility index (Phi) is 6.08. The topological polar surface area (TPSA) is 129 Å². The summed E-state index contributed by atoms with van der Waals surface area (Å²) < 4.78 is 0. The molecule has 1 atom stereocenters. The van der Waals surface area contributed by atoms with Crippen LogP contribution in [0, 0.1) is 0 Å². The van der Waals surface area contributed by atoms with Crippen LogP contribution < -0.4 is 16.3 Å². The molecular weight excluding hydrogens is 408 g/mol. The van der Waals surface area contributed by atoms with E-state index in [0.717, 1.165) is 0 Å². The van der Waals surface area contributed by atoms with Crippen LogP contribution in [-0.4, -0.2) is 33.2 Å².